The molecule has 0 heterocycles. The molecular formula is C16H24FNO2. The van der Waals surface area contributed by atoms with Gasteiger partial charge in [-0.15, -0.1) is 0 Å². The fraction of sp³-hybridized carbons (Fsp3) is 0.562. The molecule has 0 spiro atoms. The summed E-state index contributed by atoms with van der Waals surface area (Å²) in [7, 11) is 0. The number of carbonyl (C=O) groups excluding carboxylic acids is 1. The highest BCUT2D eigenvalue weighted by atomic mass is 19.1. The third-order valence-corrected chi connectivity index (χ3v) is 3.84. The van der Waals surface area contributed by atoms with Gasteiger partial charge in [0.25, 0.3) is 0 Å². The average molecular weight is 281 g/mol. The van der Waals surface area contributed by atoms with Crippen LogP contribution in [-0.4, -0.2) is 23.2 Å². The van der Waals surface area contributed by atoms with E-state index in [-0.39, 0.29) is 30.6 Å². The molecule has 1 amide bonds. The van der Waals surface area contributed by atoms with E-state index in [9.17, 15) is 14.3 Å². The van der Waals surface area contributed by atoms with Crippen molar-refractivity contribution in [3.8, 4) is 0 Å². The van der Waals surface area contributed by atoms with Gasteiger partial charge in [0, 0.05) is 13.0 Å². The van der Waals surface area contributed by atoms with Crippen LogP contribution in [0, 0.1) is 5.82 Å². The standard InChI is InChI=1S/C16H24FNO2/c1-4-16(20,5-2)11-18-15(19)9-12(3)13-7-6-8-14(17)10-13/h6-8,10,12,20H,4-5,9,11H2,1-3H3,(H,18,19). The normalized spacial score (nSPS) is 13.1. The summed E-state index contributed by atoms with van der Waals surface area (Å²) in [5.74, 6) is -0.467. The monoisotopic (exact) mass is 281 g/mol. The molecule has 20 heavy (non-hydrogen) atoms. The Morgan fingerprint density at radius 3 is 2.60 bits per heavy atom. The minimum Gasteiger partial charge on any atom is -0.388 e. The summed E-state index contributed by atoms with van der Waals surface area (Å²) < 4.78 is 13.1. The first-order valence-electron chi connectivity index (χ1n) is 7.14. The smallest absolute Gasteiger partial charge is 0.220 e. The highest BCUT2D eigenvalue weighted by Crippen LogP contribution is 2.20. The van der Waals surface area contributed by atoms with E-state index in [1.54, 1.807) is 6.07 Å². The van der Waals surface area contributed by atoms with Crippen molar-refractivity contribution >= 4 is 5.91 Å². The molecule has 0 radical (unpaired) electrons. The van der Waals surface area contributed by atoms with Crippen molar-refractivity contribution in [2.75, 3.05) is 6.54 Å². The van der Waals surface area contributed by atoms with Crippen LogP contribution in [0.4, 0.5) is 4.39 Å². The fourth-order valence-corrected chi connectivity index (χ4v) is 2.04. The van der Waals surface area contributed by atoms with Gasteiger partial charge < -0.3 is 10.4 Å². The Hall–Kier alpha value is -1.42. The number of hydrogen-bond acceptors (Lipinski definition) is 2. The van der Waals surface area contributed by atoms with E-state index in [2.05, 4.69) is 5.32 Å². The fourth-order valence-electron chi connectivity index (χ4n) is 2.04. The van der Waals surface area contributed by atoms with Crippen molar-refractivity contribution < 1.29 is 14.3 Å². The molecule has 0 aromatic heterocycles. The number of nitrogens with one attached hydrogen (secondary N) is 1. The largest absolute Gasteiger partial charge is 0.388 e. The van der Waals surface area contributed by atoms with Crippen LogP contribution in [0.15, 0.2) is 24.3 Å². The highest BCUT2D eigenvalue weighted by molar-refractivity contribution is 5.76. The summed E-state index contributed by atoms with van der Waals surface area (Å²) in [5, 5.41) is 12.9. The van der Waals surface area contributed by atoms with Gasteiger partial charge in [-0.3, -0.25) is 4.79 Å². The lowest BCUT2D eigenvalue weighted by Crippen LogP contribution is -2.42. The number of hydrogen-bond donors (Lipinski definition) is 2. The van der Waals surface area contributed by atoms with Gasteiger partial charge in [-0.05, 0) is 36.5 Å². The van der Waals surface area contributed by atoms with E-state index in [4.69, 9.17) is 0 Å². The Morgan fingerprint density at radius 1 is 1.40 bits per heavy atom. The van der Waals surface area contributed by atoms with Gasteiger partial charge >= 0.3 is 0 Å². The molecule has 4 heteroatoms. The number of carbonyl (C=O) groups is 1. The van der Waals surface area contributed by atoms with Crippen LogP contribution < -0.4 is 5.32 Å². The van der Waals surface area contributed by atoms with Gasteiger partial charge in [0.05, 0.1) is 5.60 Å². The minimum absolute atomic E-state index is 0.0537. The van der Waals surface area contributed by atoms with Gasteiger partial charge in [0.1, 0.15) is 5.82 Å². The summed E-state index contributed by atoms with van der Waals surface area (Å²) in [6.07, 6.45) is 1.49. The maximum absolute atomic E-state index is 13.1. The van der Waals surface area contributed by atoms with E-state index in [1.807, 2.05) is 26.8 Å². The number of amides is 1. The highest BCUT2D eigenvalue weighted by Gasteiger charge is 2.23. The minimum atomic E-state index is -0.836. The Bertz CT molecular complexity index is 444. The number of aliphatic hydroxyl groups is 1. The van der Waals surface area contributed by atoms with E-state index in [1.165, 1.54) is 12.1 Å². The second-order valence-corrected chi connectivity index (χ2v) is 5.37. The molecular weight excluding hydrogens is 257 g/mol. The van der Waals surface area contributed by atoms with Crippen molar-refractivity contribution in [2.24, 2.45) is 0 Å². The predicted octanol–water partition coefficient (Wildman–Crippen LogP) is 2.99. The molecule has 3 nitrogen and oxygen atoms in total. The lowest BCUT2D eigenvalue weighted by molar-refractivity contribution is -0.122. The Balaban J connectivity index is 2.50. The summed E-state index contributed by atoms with van der Waals surface area (Å²) >= 11 is 0. The average Bonchev–Trinajstić information content (AvgIpc) is 2.44. The van der Waals surface area contributed by atoms with Crippen molar-refractivity contribution in [1.29, 1.82) is 0 Å². The zero-order valence-corrected chi connectivity index (χ0v) is 12.4. The third kappa shape index (κ3) is 4.93. The summed E-state index contributed by atoms with van der Waals surface area (Å²) in [6.45, 7) is 5.94. The van der Waals surface area contributed by atoms with Crippen LogP contribution in [0.25, 0.3) is 0 Å². The molecule has 1 rings (SSSR count). The predicted molar refractivity (Wildman–Crippen MR) is 78.0 cm³/mol. The van der Waals surface area contributed by atoms with E-state index < -0.39 is 5.60 Å². The molecule has 0 aliphatic carbocycles. The van der Waals surface area contributed by atoms with Crippen molar-refractivity contribution in [1.82, 2.24) is 5.32 Å². The number of benzene rings is 1. The Kier molecular flexibility index (Phi) is 6.14. The molecule has 1 unspecified atom stereocenters. The first-order valence-corrected chi connectivity index (χ1v) is 7.14. The first-order chi connectivity index (χ1) is 9.40. The zero-order chi connectivity index (χ0) is 15.2. The van der Waals surface area contributed by atoms with Gasteiger partial charge in [-0.2, -0.15) is 0 Å². The Labute approximate surface area is 120 Å². The maximum Gasteiger partial charge on any atom is 0.220 e. The first kappa shape index (κ1) is 16.6. The molecule has 0 saturated heterocycles. The molecule has 0 aliphatic heterocycles. The number of halogens is 1. The van der Waals surface area contributed by atoms with Crippen LogP contribution in [0.1, 0.15) is 51.5 Å². The lowest BCUT2D eigenvalue weighted by Gasteiger charge is -2.25. The molecule has 0 saturated carbocycles. The van der Waals surface area contributed by atoms with Crippen LogP contribution in [0.5, 0.6) is 0 Å². The van der Waals surface area contributed by atoms with E-state index >= 15 is 0 Å². The summed E-state index contributed by atoms with van der Waals surface area (Å²) in [5.41, 5.74) is -0.0287. The van der Waals surface area contributed by atoms with Gasteiger partial charge in [0.15, 0.2) is 0 Å². The zero-order valence-electron chi connectivity index (χ0n) is 12.4. The van der Waals surface area contributed by atoms with Gasteiger partial charge in [-0.1, -0.05) is 32.9 Å². The van der Waals surface area contributed by atoms with Crippen molar-refractivity contribution in [2.45, 2.75) is 51.6 Å². The molecule has 0 aliphatic rings. The Morgan fingerprint density at radius 2 is 2.05 bits per heavy atom. The molecule has 1 atom stereocenters. The third-order valence-electron chi connectivity index (χ3n) is 3.84. The molecule has 0 bridgehead atoms. The number of rotatable bonds is 7. The maximum atomic E-state index is 13.1. The van der Waals surface area contributed by atoms with Crippen LogP contribution in [-0.2, 0) is 4.79 Å². The quantitative estimate of drug-likeness (QED) is 0.807. The van der Waals surface area contributed by atoms with Crippen LogP contribution in [0.2, 0.25) is 0 Å². The topological polar surface area (TPSA) is 49.3 Å². The summed E-state index contributed by atoms with van der Waals surface area (Å²) in [4.78, 5) is 11.9. The van der Waals surface area contributed by atoms with E-state index in [0.29, 0.717) is 12.8 Å². The van der Waals surface area contributed by atoms with Crippen molar-refractivity contribution in [3.05, 3.63) is 35.6 Å². The molecule has 1 aromatic rings. The lowest BCUT2D eigenvalue weighted by atomic mass is 9.96. The molecule has 2 N–H and O–H groups in total. The van der Waals surface area contributed by atoms with Gasteiger partial charge in [-0.25, -0.2) is 4.39 Å². The molecule has 0 fully saturated rings. The van der Waals surface area contributed by atoms with Crippen LogP contribution in [0.3, 0.4) is 0 Å². The second kappa shape index (κ2) is 7.39. The summed E-state index contributed by atoms with van der Waals surface area (Å²) in [6, 6.07) is 6.30. The SMILES string of the molecule is CCC(O)(CC)CNC(=O)CC(C)c1cccc(F)c1. The molecule has 112 valence electrons. The van der Waals surface area contributed by atoms with Crippen molar-refractivity contribution in [3.63, 3.8) is 0 Å². The van der Waals surface area contributed by atoms with Gasteiger partial charge in [0.2, 0.25) is 5.91 Å². The second-order valence-electron chi connectivity index (χ2n) is 5.37. The van der Waals surface area contributed by atoms with E-state index in [0.717, 1.165) is 5.56 Å². The molecule has 1 aromatic carbocycles. The van der Waals surface area contributed by atoms with Crippen LogP contribution >= 0.6 is 0 Å².